The van der Waals surface area contributed by atoms with Gasteiger partial charge >= 0.3 is 5.76 Å². The van der Waals surface area contributed by atoms with Crippen LogP contribution in [0.5, 0.6) is 0 Å². The maximum Gasteiger partial charge on any atom is 0.439 e. The smallest absolute Gasteiger partial charge is 0.296 e. The van der Waals surface area contributed by atoms with E-state index in [-0.39, 0.29) is 5.56 Å². The number of benzene rings is 2. The summed E-state index contributed by atoms with van der Waals surface area (Å²) in [4.78, 5) is 33.7. The quantitative estimate of drug-likeness (QED) is 0.235. The lowest BCUT2D eigenvalue weighted by molar-refractivity contribution is 0.388. The maximum atomic E-state index is 13.7. The second kappa shape index (κ2) is 11.3. The Hall–Kier alpha value is -3.75. The van der Waals surface area contributed by atoms with Crippen LogP contribution in [0.2, 0.25) is 4.34 Å². The third-order valence-corrected chi connectivity index (χ3v) is 7.73. The van der Waals surface area contributed by atoms with Gasteiger partial charge in [0.05, 0.1) is 16.6 Å². The standard InChI is InChI=1S/C29H27ClN4O3S/c1-3-4-9-25-24(28(35)34(18(2)31-25)17-21-14-15-26(30)38-21)16-19-10-12-20(13-11-19)22-7-5-6-8-23(22)27-32-29(36)37-33-27/h5-8,10-15H,3-4,9,16-17H2,1-2H3,(H,32,33,36). The molecule has 0 aliphatic rings. The second-order valence-electron chi connectivity index (χ2n) is 9.15. The van der Waals surface area contributed by atoms with Crippen LogP contribution in [0, 0.1) is 6.92 Å². The molecule has 2 aromatic carbocycles. The lowest BCUT2D eigenvalue weighted by Gasteiger charge is -2.15. The fourth-order valence-corrected chi connectivity index (χ4v) is 5.63. The zero-order chi connectivity index (χ0) is 26.6. The summed E-state index contributed by atoms with van der Waals surface area (Å²) in [6.07, 6.45) is 3.27. The third kappa shape index (κ3) is 5.56. The van der Waals surface area contributed by atoms with Crippen molar-refractivity contribution >= 4 is 22.9 Å². The number of hydrogen-bond donors (Lipinski definition) is 1. The van der Waals surface area contributed by atoms with E-state index in [0.717, 1.165) is 57.7 Å². The predicted octanol–water partition coefficient (Wildman–Crippen LogP) is 6.26. The van der Waals surface area contributed by atoms with E-state index in [1.165, 1.54) is 11.3 Å². The zero-order valence-corrected chi connectivity index (χ0v) is 22.7. The van der Waals surface area contributed by atoms with Gasteiger partial charge in [0, 0.05) is 22.4 Å². The van der Waals surface area contributed by atoms with Gasteiger partial charge in [0.25, 0.3) is 5.56 Å². The van der Waals surface area contributed by atoms with Gasteiger partial charge in [-0.3, -0.25) is 18.9 Å². The summed E-state index contributed by atoms with van der Waals surface area (Å²) < 4.78 is 7.15. The van der Waals surface area contributed by atoms with E-state index < -0.39 is 5.76 Å². The molecule has 3 heterocycles. The van der Waals surface area contributed by atoms with E-state index in [0.29, 0.717) is 29.0 Å². The van der Waals surface area contributed by atoms with Gasteiger partial charge in [-0.05, 0) is 48.6 Å². The van der Waals surface area contributed by atoms with E-state index in [9.17, 15) is 9.59 Å². The SMILES string of the molecule is CCCCc1nc(C)n(Cc2ccc(Cl)s2)c(=O)c1Cc1ccc(-c2ccccc2-c2noc(=O)[nH]2)cc1. The van der Waals surface area contributed by atoms with Gasteiger partial charge in [-0.25, -0.2) is 9.78 Å². The van der Waals surface area contributed by atoms with E-state index in [1.54, 1.807) is 4.57 Å². The Labute approximate surface area is 228 Å². The van der Waals surface area contributed by atoms with E-state index in [2.05, 4.69) is 17.1 Å². The van der Waals surface area contributed by atoms with Gasteiger partial charge in [-0.2, -0.15) is 0 Å². The molecule has 5 rings (SSSR count). The number of thiophene rings is 1. The predicted molar refractivity (Wildman–Crippen MR) is 151 cm³/mol. The second-order valence-corrected chi connectivity index (χ2v) is 10.9. The number of aromatic nitrogens is 4. The van der Waals surface area contributed by atoms with E-state index >= 15 is 0 Å². The van der Waals surface area contributed by atoms with Gasteiger partial charge in [-0.1, -0.05) is 78.6 Å². The van der Waals surface area contributed by atoms with Gasteiger partial charge in [0.2, 0.25) is 0 Å². The van der Waals surface area contributed by atoms with Crippen LogP contribution in [0.4, 0.5) is 0 Å². The number of unbranched alkanes of at least 4 members (excludes halogenated alkanes) is 1. The minimum Gasteiger partial charge on any atom is -0.296 e. The Kier molecular flexibility index (Phi) is 7.72. The summed E-state index contributed by atoms with van der Waals surface area (Å²) in [6.45, 7) is 4.49. The number of hydrogen-bond acceptors (Lipinski definition) is 6. The molecule has 0 radical (unpaired) electrons. The Balaban J connectivity index is 1.48. The first-order valence-electron chi connectivity index (χ1n) is 12.5. The summed E-state index contributed by atoms with van der Waals surface area (Å²) in [6, 6.07) is 19.6. The molecule has 194 valence electrons. The number of aromatic amines is 1. The van der Waals surface area contributed by atoms with Gasteiger partial charge in [0.1, 0.15) is 5.82 Å². The molecular weight excluding hydrogens is 520 g/mol. The van der Waals surface area contributed by atoms with E-state index in [1.807, 2.05) is 67.6 Å². The molecule has 0 saturated heterocycles. The first-order valence-corrected chi connectivity index (χ1v) is 13.7. The molecule has 0 atom stereocenters. The highest BCUT2D eigenvalue weighted by Gasteiger charge is 2.17. The molecule has 0 bridgehead atoms. The van der Waals surface area contributed by atoms with Gasteiger partial charge in [0.15, 0.2) is 5.82 Å². The van der Waals surface area contributed by atoms with Crippen LogP contribution in [-0.4, -0.2) is 19.7 Å². The molecule has 0 saturated carbocycles. The first kappa shape index (κ1) is 25.9. The highest BCUT2D eigenvalue weighted by Crippen LogP contribution is 2.30. The van der Waals surface area contributed by atoms with Crippen molar-refractivity contribution in [3.05, 3.63) is 113 Å². The Morgan fingerprint density at radius 2 is 1.79 bits per heavy atom. The van der Waals surface area contributed by atoms with Crippen molar-refractivity contribution in [3.8, 4) is 22.5 Å². The topological polar surface area (TPSA) is 93.8 Å². The molecule has 0 aliphatic heterocycles. The lowest BCUT2D eigenvalue weighted by atomic mass is 9.96. The largest absolute Gasteiger partial charge is 0.439 e. The average molecular weight is 547 g/mol. The molecular formula is C29H27ClN4O3S. The molecule has 1 N–H and O–H groups in total. The maximum absolute atomic E-state index is 13.7. The number of nitrogens with one attached hydrogen (secondary N) is 1. The zero-order valence-electron chi connectivity index (χ0n) is 21.2. The van der Waals surface area contributed by atoms with Crippen molar-refractivity contribution < 1.29 is 4.52 Å². The summed E-state index contributed by atoms with van der Waals surface area (Å²) in [5.74, 6) is 0.504. The molecule has 0 amide bonds. The minimum absolute atomic E-state index is 0.00228. The van der Waals surface area contributed by atoms with Crippen LogP contribution in [-0.2, 0) is 19.4 Å². The Morgan fingerprint density at radius 3 is 2.45 bits per heavy atom. The number of halogens is 1. The van der Waals surface area contributed by atoms with Crippen LogP contribution in [0.15, 0.2) is 74.8 Å². The molecule has 5 aromatic rings. The van der Waals surface area contributed by atoms with Crippen molar-refractivity contribution in [2.24, 2.45) is 0 Å². The van der Waals surface area contributed by atoms with Crippen molar-refractivity contribution in [2.75, 3.05) is 0 Å². The molecule has 0 fully saturated rings. The minimum atomic E-state index is -0.594. The number of rotatable bonds is 9. The highest BCUT2D eigenvalue weighted by atomic mass is 35.5. The third-order valence-electron chi connectivity index (χ3n) is 6.52. The van der Waals surface area contributed by atoms with Crippen LogP contribution in [0.3, 0.4) is 0 Å². The molecule has 38 heavy (non-hydrogen) atoms. The van der Waals surface area contributed by atoms with Gasteiger partial charge in [-0.15, -0.1) is 11.3 Å². The van der Waals surface area contributed by atoms with Crippen molar-refractivity contribution in [3.63, 3.8) is 0 Å². The summed E-state index contributed by atoms with van der Waals surface area (Å²) in [7, 11) is 0. The molecule has 7 nitrogen and oxygen atoms in total. The van der Waals surface area contributed by atoms with Crippen molar-refractivity contribution in [2.45, 2.75) is 46.1 Å². The van der Waals surface area contributed by atoms with Crippen molar-refractivity contribution in [1.82, 2.24) is 19.7 Å². The fraction of sp³-hybridized carbons (Fsp3) is 0.241. The van der Waals surface area contributed by atoms with Crippen LogP contribution in [0.25, 0.3) is 22.5 Å². The fourth-order valence-electron chi connectivity index (χ4n) is 4.56. The van der Waals surface area contributed by atoms with Crippen LogP contribution in [0.1, 0.15) is 47.3 Å². The Bertz CT molecular complexity index is 1680. The lowest BCUT2D eigenvalue weighted by Crippen LogP contribution is -2.29. The summed E-state index contributed by atoms with van der Waals surface area (Å²) >= 11 is 7.60. The van der Waals surface area contributed by atoms with E-state index in [4.69, 9.17) is 21.1 Å². The number of nitrogens with zero attached hydrogens (tertiary/aromatic N) is 3. The first-order chi connectivity index (χ1) is 18.4. The average Bonchev–Trinajstić information content (AvgIpc) is 3.55. The Morgan fingerprint density at radius 1 is 1.03 bits per heavy atom. The van der Waals surface area contributed by atoms with Crippen LogP contribution >= 0.6 is 22.9 Å². The normalized spacial score (nSPS) is 11.2. The molecule has 0 aliphatic carbocycles. The molecule has 9 heteroatoms. The van der Waals surface area contributed by atoms with Crippen LogP contribution < -0.4 is 11.3 Å². The van der Waals surface area contributed by atoms with Gasteiger partial charge < -0.3 is 0 Å². The summed E-state index contributed by atoms with van der Waals surface area (Å²) in [5, 5.41) is 3.84. The van der Waals surface area contributed by atoms with Crippen molar-refractivity contribution in [1.29, 1.82) is 0 Å². The monoisotopic (exact) mass is 546 g/mol. The molecule has 3 aromatic heterocycles. The summed E-state index contributed by atoms with van der Waals surface area (Å²) in [5.41, 5.74) is 5.28. The molecule has 0 unspecified atom stereocenters. The highest BCUT2D eigenvalue weighted by molar-refractivity contribution is 7.16. The number of aryl methyl sites for hydroxylation is 2. The number of H-pyrrole nitrogens is 1. The molecule has 0 spiro atoms.